The fourth-order valence-corrected chi connectivity index (χ4v) is 2.96. The minimum Gasteiger partial charge on any atom is -0.356 e. The van der Waals surface area contributed by atoms with Crippen LogP contribution in [-0.2, 0) is 19.4 Å². The number of thiazole rings is 1. The van der Waals surface area contributed by atoms with Crippen molar-refractivity contribution in [1.82, 2.24) is 15.6 Å². The summed E-state index contributed by atoms with van der Waals surface area (Å²) in [5.74, 6) is 0.661. The number of hydrogen-bond acceptors (Lipinski definition) is 5. The highest BCUT2D eigenvalue weighted by atomic mass is 127. The molecule has 1 heterocycles. The van der Waals surface area contributed by atoms with Gasteiger partial charge in [0.05, 0.1) is 9.93 Å². The maximum absolute atomic E-state index is 10.8. The summed E-state index contributed by atoms with van der Waals surface area (Å²) in [6.07, 6.45) is 3.77. The quantitative estimate of drug-likeness (QED) is 0.211. The predicted octanol–water partition coefficient (Wildman–Crippen LogP) is 3.14. The molecule has 0 radical (unpaired) electrons. The zero-order valence-corrected chi connectivity index (χ0v) is 17.3. The van der Waals surface area contributed by atoms with Crippen molar-refractivity contribution in [2.24, 2.45) is 4.99 Å². The number of benzene rings is 1. The van der Waals surface area contributed by atoms with Crippen LogP contribution in [0.5, 0.6) is 0 Å². The Hall–Kier alpha value is -1.75. The van der Waals surface area contributed by atoms with Gasteiger partial charge in [0.2, 0.25) is 0 Å². The third-order valence-corrected chi connectivity index (χ3v) is 4.59. The molecule has 2 N–H and O–H groups in total. The van der Waals surface area contributed by atoms with Gasteiger partial charge in [0.25, 0.3) is 5.69 Å². The molecule has 0 aliphatic carbocycles. The molecule has 0 saturated heterocycles. The third kappa shape index (κ3) is 6.94. The van der Waals surface area contributed by atoms with Crippen LogP contribution in [0, 0.1) is 10.1 Å². The van der Waals surface area contributed by atoms with Gasteiger partial charge in [-0.05, 0) is 12.0 Å². The van der Waals surface area contributed by atoms with Crippen LogP contribution in [0.4, 0.5) is 5.69 Å². The molecule has 7 nitrogen and oxygen atoms in total. The van der Waals surface area contributed by atoms with E-state index in [1.165, 1.54) is 10.9 Å². The van der Waals surface area contributed by atoms with Crippen molar-refractivity contribution in [2.45, 2.75) is 26.3 Å². The highest BCUT2D eigenvalue weighted by molar-refractivity contribution is 14.0. The van der Waals surface area contributed by atoms with Crippen molar-refractivity contribution in [2.75, 3.05) is 13.6 Å². The number of nitro benzene ring substituents is 1. The highest BCUT2D eigenvalue weighted by Crippen LogP contribution is 2.14. The standard InChI is InChI=1S/C16H21N5O2S.HI/c1-3-14-11-19-15(24-14)7-8-18-16(17-2)20-10-12-5-4-6-13(9-12)21(22)23;/h4-6,9,11H,3,7-8,10H2,1-2H3,(H2,17,18,20);1H. The topological polar surface area (TPSA) is 92.5 Å². The number of non-ortho nitro benzene ring substituents is 1. The van der Waals surface area contributed by atoms with Crippen LogP contribution in [0.25, 0.3) is 0 Å². The minimum absolute atomic E-state index is 0. The maximum atomic E-state index is 10.8. The molecule has 136 valence electrons. The summed E-state index contributed by atoms with van der Waals surface area (Å²) < 4.78 is 0. The minimum atomic E-state index is -0.394. The number of nitro groups is 1. The summed E-state index contributed by atoms with van der Waals surface area (Å²) in [6, 6.07) is 6.56. The first-order valence-electron chi connectivity index (χ1n) is 7.73. The van der Waals surface area contributed by atoms with Crippen molar-refractivity contribution in [3.05, 3.63) is 56.0 Å². The second-order valence-electron chi connectivity index (χ2n) is 5.10. The van der Waals surface area contributed by atoms with E-state index in [1.807, 2.05) is 12.3 Å². The molecule has 2 rings (SSSR count). The normalized spacial score (nSPS) is 10.9. The first-order valence-corrected chi connectivity index (χ1v) is 8.55. The molecule has 0 atom stereocenters. The summed E-state index contributed by atoms with van der Waals surface area (Å²) in [4.78, 5) is 20.2. The maximum Gasteiger partial charge on any atom is 0.269 e. The van der Waals surface area contributed by atoms with Crippen molar-refractivity contribution >= 4 is 47.0 Å². The molecule has 0 fully saturated rings. The number of aryl methyl sites for hydroxylation is 1. The number of halogens is 1. The van der Waals surface area contributed by atoms with Gasteiger partial charge in [0, 0.05) is 49.8 Å². The summed E-state index contributed by atoms with van der Waals surface area (Å²) in [5.41, 5.74) is 0.924. The van der Waals surface area contributed by atoms with Crippen molar-refractivity contribution in [1.29, 1.82) is 0 Å². The molecule has 0 aliphatic heterocycles. The van der Waals surface area contributed by atoms with E-state index >= 15 is 0 Å². The first-order chi connectivity index (χ1) is 11.6. The van der Waals surface area contributed by atoms with Crippen LogP contribution in [0.2, 0.25) is 0 Å². The number of hydrogen-bond donors (Lipinski definition) is 2. The number of aromatic nitrogens is 1. The molecule has 25 heavy (non-hydrogen) atoms. The second-order valence-corrected chi connectivity index (χ2v) is 6.30. The van der Waals surface area contributed by atoms with Crippen molar-refractivity contribution < 1.29 is 4.92 Å². The lowest BCUT2D eigenvalue weighted by molar-refractivity contribution is -0.384. The van der Waals surface area contributed by atoms with Crippen LogP contribution < -0.4 is 10.6 Å². The van der Waals surface area contributed by atoms with Crippen LogP contribution in [0.1, 0.15) is 22.4 Å². The predicted molar refractivity (Wildman–Crippen MR) is 112 cm³/mol. The molecule has 2 aromatic rings. The van der Waals surface area contributed by atoms with Crippen LogP contribution in [0.3, 0.4) is 0 Å². The van der Waals surface area contributed by atoms with Gasteiger partial charge >= 0.3 is 0 Å². The lowest BCUT2D eigenvalue weighted by Crippen LogP contribution is -2.37. The zero-order valence-electron chi connectivity index (χ0n) is 14.2. The Morgan fingerprint density at radius 2 is 2.20 bits per heavy atom. The molecule has 0 aliphatic rings. The first kappa shape index (κ1) is 21.3. The Kier molecular flexibility index (Phi) is 9.35. The Morgan fingerprint density at radius 3 is 2.84 bits per heavy atom. The van der Waals surface area contributed by atoms with E-state index < -0.39 is 4.92 Å². The highest BCUT2D eigenvalue weighted by Gasteiger charge is 2.06. The summed E-state index contributed by atoms with van der Waals surface area (Å²) in [7, 11) is 1.70. The van der Waals surface area contributed by atoms with E-state index in [4.69, 9.17) is 0 Å². The molecule has 9 heteroatoms. The summed E-state index contributed by atoms with van der Waals surface area (Å²) in [6.45, 7) is 3.32. The lowest BCUT2D eigenvalue weighted by Gasteiger charge is -2.11. The zero-order chi connectivity index (χ0) is 17.4. The summed E-state index contributed by atoms with van der Waals surface area (Å²) >= 11 is 1.73. The van der Waals surface area contributed by atoms with E-state index in [-0.39, 0.29) is 29.7 Å². The van der Waals surface area contributed by atoms with Gasteiger partial charge in [-0.1, -0.05) is 19.1 Å². The molecule has 0 spiro atoms. The Labute approximate surface area is 168 Å². The molecule has 1 aromatic carbocycles. The fraction of sp³-hybridized carbons (Fsp3) is 0.375. The Bertz CT molecular complexity index is 720. The van der Waals surface area contributed by atoms with E-state index in [0.717, 1.165) is 30.0 Å². The Morgan fingerprint density at radius 1 is 1.40 bits per heavy atom. The van der Waals surface area contributed by atoms with E-state index in [2.05, 4.69) is 27.5 Å². The molecule has 0 amide bonds. The number of nitrogens with zero attached hydrogens (tertiary/aromatic N) is 3. The van der Waals surface area contributed by atoms with Crippen molar-refractivity contribution in [3.8, 4) is 0 Å². The number of nitrogens with one attached hydrogen (secondary N) is 2. The van der Waals surface area contributed by atoms with Gasteiger partial charge < -0.3 is 10.6 Å². The molecular weight excluding hydrogens is 453 g/mol. The molecule has 0 bridgehead atoms. The smallest absolute Gasteiger partial charge is 0.269 e. The average molecular weight is 475 g/mol. The molecule has 1 aromatic heterocycles. The van der Waals surface area contributed by atoms with Crippen LogP contribution >= 0.6 is 35.3 Å². The van der Waals surface area contributed by atoms with E-state index in [9.17, 15) is 10.1 Å². The van der Waals surface area contributed by atoms with Gasteiger partial charge in [-0.25, -0.2) is 4.98 Å². The van der Waals surface area contributed by atoms with Gasteiger partial charge in [-0.2, -0.15) is 0 Å². The Balaban J connectivity index is 0.00000312. The fourth-order valence-electron chi connectivity index (χ4n) is 2.10. The molecule has 0 saturated carbocycles. The second kappa shape index (κ2) is 11.0. The van der Waals surface area contributed by atoms with E-state index in [1.54, 1.807) is 30.5 Å². The van der Waals surface area contributed by atoms with E-state index in [0.29, 0.717) is 12.5 Å². The average Bonchev–Trinajstić information content (AvgIpc) is 3.06. The summed E-state index contributed by atoms with van der Waals surface area (Å²) in [5, 5.41) is 18.3. The van der Waals surface area contributed by atoms with Crippen LogP contribution in [0.15, 0.2) is 35.5 Å². The number of aliphatic imine (C=N–C) groups is 1. The van der Waals surface area contributed by atoms with Crippen molar-refractivity contribution in [3.63, 3.8) is 0 Å². The molecule has 0 unspecified atom stereocenters. The van der Waals surface area contributed by atoms with Gasteiger partial charge in [0.15, 0.2) is 5.96 Å². The molecular formula is C16H22IN5O2S. The third-order valence-electron chi connectivity index (χ3n) is 3.39. The number of guanidine groups is 1. The lowest BCUT2D eigenvalue weighted by atomic mass is 10.2. The monoisotopic (exact) mass is 475 g/mol. The van der Waals surface area contributed by atoms with Gasteiger partial charge in [-0.15, -0.1) is 35.3 Å². The van der Waals surface area contributed by atoms with Crippen LogP contribution in [-0.4, -0.2) is 29.5 Å². The largest absolute Gasteiger partial charge is 0.356 e. The number of rotatable bonds is 7. The van der Waals surface area contributed by atoms with Gasteiger partial charge in [0.1, 0.15) is 0 Å². The SMILES string of the molecule is CCc1cnc(CCNC(=NC)NCc2cccc([N+](=O)[O-])c2)s1.I. The van der Waals surface area contributed by atoms with Gasteiger partial charge in [-0.3, -0.25) is 15.1 Å².